The Morgan fingerprint density at radius 1 is 0.909 bits per heavy atom. The molecule has 0 saturated heterocycles. The van der Waals surface area contributed by atoms with E-state index in [9.17, 15) is 14.7 Å². The highest BCUT2D eigenvalue weighted by molar-refractivity contribution is 7.14. The smallest absolute Gasteiger partial charge is 0.416 e. The van der Waals surface area contributed by atoms with Crippen LogP contribution in [0.5, 0.6) is 0 Å². The maximum atomic E-state index is 13.2. The summed E-state index contributed by atoms with van der Waals surface area (Å²) in [6.07, 6.45) is -0.563. The van der Waals surface area contributed by atoms with E-state index in [0.29, 0.717) is 0 Å². The molecule has 0 atom stereocenters. The number of carbonyl (C=O) groups excluding carboxylic acids is 1. The van der Waals surface area contributed by atoms with Gasteiger partial charge in [0.1, 0.15) is 6.61 Å². The molecule has 1 aromatic heterocycles. The van der Waals surface area contributed by atoms with E-state index in [4.69, 9.17) is 4.74 Å². The van der Waals surface area contributed by atoms with Crippen LogP contribution in [-0.2, 0) is 11.3 Å². The second-order valence-electron chi connectivity index (χ2n) is 7.70. The van der Waals surface area contributed by atoms with Gasteiger partial charge in [-0.2, -0.15) is 0 Å². The highest BCUT2D eigenvalue weighted by Crippen LogP contribution is 2.44. The van der Waals surface area contributed by atoms with Gasteiger partial charge in [0, 0.05) is 11.3 Å². The van der Waals surface area contributed by atoms with Gasteiger partial charge in [-0.3, -0.25) is 0 Å². The van der Waals surface area contributed by atoms with Crippen LogP contribution in [-0.4, -0.2) is 28.8 Å². The van der Waals surface area contributed by atoms with Gasteiger partial charge in [-0.15, -0.1) is 11.3 Å². The maximum absolute atomic E-state index is 13.2. The van der Waals surface area contributed by atoms with E-state index >= 15 is 0 Å². The zero-order valence-corrected chi connectivity index (χ0v) is 18.4. The fourth-order valence-corrected chi connectivity index (χ4v) is 4.92. The van der Waals surface area contributed by atoms with Gasteiger partial charge in [0.15, 0.2) is 10.8 Å². The van der Waals surface area contributed by atoms with Gasteiger partial charge in [0.2, 0.25) is 0 Å². The first-order valence-electron chi connectivity index (χ1n) is 10.5. The summed E-state index contributed by atoms with van der Waals surface area (Å²) in [6, 6.07) is 25.8. The van der Waals surface area contributed by atoms with Crippen LogP contribution < -0.4 is 4.90 Å². The van der Waals surface area contributed by atoms with E-state index in [-0.39, 0.29) is 29.9 Å². The van der Waals surface area contributed by atoms with Crippen molar-refractivity contribution in [2.45, 2.75) is 12.5 Å². The zero-order chi connectivity index (χ0) is 22.8. The quantitative estimate of drug-likeness (QED) is 0.397. The van der Waals surface area contributed by atoms with Crippen molar-refractivity contribution in [3.05, 3.63) is 107 Å². The summed E-state index contributed by atoms with van der Waals surface area (Å²) < 4.78 is 5.80. The summed E-state index contributed by atoms with van der Waals surface area (Å²) in [7, 11) is 0. The predicted molar refractivity (Wildman–Crippen MR) is 127 cm³/mol. The second-order valence-corrected chi connectivity index (χ2v) is 8.53. The van der Waals surface area contributed by atoms with Crippen molar-refractivity contribution in [2.75, 3.05) is 11.5 Å². The Balaban J connectivity index is 1.40. The molecule has 0 aliphatic heterocycles. The van der Waals surface area contributed by atoms with Crippen LogP contribution in [0.1, 0.15) is 33.1 Å². The van der Waals surface area contributed by atoms with Crippen LogP contribution in [0.4, 0.5) is 9.93 Å². The van der Waals surface area contributed by atoms with E-state index in [1.165, 1.54) is 10.3 Å². The summed E-state index contributed by atoms with van der Waals surface area (Å²) in [6.45, 7) is 0.402. The third-order valence-corrected chi connectivity index (χ3v) is 6.55. The van der Waals surface area contributed by atoms with Crippen LogP contribution in [0.2, 0.25) is 0 Å². The number of nitrogens with zero attached hydrogens (tertiary/aromatic N) is 2. The lowest BCUT2D eigenvalue weighted by molar-refractivity contribution is 0.0691. The highest BCUT2D eigenvalue weighted by atomic mass is 32.1. The minimum Gasteiger partial charge on any atom is -0.476 e. The molecule has 1 amide bonds. The van der Waals surface area contributed by atoms with Crippen LogP contribution in [0.25, 0.3) is 11.1 Å². The van der Waals surface area contributed by atoms with Crippen molar-refractivity contribution < 1.29 is 19.4 Å². The van der Waals surface area contributed by atoms with Crippen LogP contribution in [0.3, 0.4) is 0 Å². The molecule has 0 spiro atoms. The first kappa shape index (κ1) is 20.9. The van der Waals surface area contributed by atoms with Gasteiger partial charge in [0.25, 0.3) is 0 Å². The molecule has 4 aromatic rings. The molecule has 164 valence electrons. The Morgan fingerprint density at radius 2 is 1.52 bits per heavy atom. The van der Waals surface area contributed by atoms with E-state index in [1.807, 2.05) is 54.6 Å². The Bertz CT molecular complexity index is 1270. The number of carboxylic acids is 1. The fourth-order valence-electron chi connectivity index (χ4n) is 4.13. The molecule has 5 rings (SSSR count). The molecule has 1 aliphatic rings. The molecule has 0 saturated carbocycles. The van der Waals surface area contributed by atoms with E-state index in [0.717, 1.165) is 39.2 Å². The molecular formula is C26H20N2O4S. The fraction of sp³-hybridized carbons (Fsp3) is 0.115. The maximum Gasteiger partial charge on any atom is 0.416 e. The number of rotatable bonds is 6. The van der Waals surface area contributed by atoms with E-state index in [1.54, 1.807) is 0 Å². The SMILES string of the molecule is O=C(O)c1csc(N(Cc2ccccc2)C(=O)OCC2c3ccccc3-c3ccccc32)n1. The number of aromatic carboxylic acids is 1. The number of carbonyl (C=O) groups is 2. The number of amides is 1. The summed E-state index contributed by atoms with van der Waals surface area (Å²) >= 11 is 1.10. The van der Waals surface area contributed by atoms with Crippen molar-refractivity contribution >= 4 is 28.5 Å². The third-order valence-electron chi connectivity index (χ3n) is 5.68. The first-order chi connectivity index (χ1) is 16.1. The van der Waals surface area contributed by atoms with Crippen molar-refractivity contribution in [3.8, 4) is 11.1 Å². The molecule has 7 heteroatoms. The molecule has 1 aliphatic carbocycles. The van der Waals surface area contributed by atoms with E-state index < -0.39 is 12.1 Å². The van der Waals surface area contributed by atoms with Gasteiger partial charge in [-0.1, -0.05) is 78.9 Å². The molecule has 33 heavy (non-hydrogen) atoms. The molecule has 0 bridgehead atoms. The molecule has 3 aromatic carbocycles. The monoisotopic (exact) mass is 456 g/mol. The van der Waals surface area contributed by atoms with Crippen molar-refractivity contribution in [2.24, 2.45) is 0 Å². The number of thiazole rings is 1. The number of ether oxygens (including phenoxy) is 1. The van der Waals surface area contributed by atoms with Crippen LogP contribution >= 0.6 is 11.3 Å². The Hall–Kier alpha value is -3.97. The highest BCUT2D eigenvalue weighted by Gasteiger charge is 2.30. The lowest BCUT2D eigenvalue weighted by Crippen LogP contribution is -2.32. The Labute approximate surface area is 194 Å². The number of carboxylic acid groups (broad SMARTS) is 1. The average Bonchev–Trinajstić information content (AvgIpc) is 3.45. The van der Waals surface area contributed by atoms with Gasteiger partial charge >= 0.3 is 12.1 Å². The van der Waals surface area contributed by atoms with Crippen molar-refractivity contribution in [1.82, 2.24) is 4.98 Å². The molecule has 0 unspecified atom stereocenters. The lowest BCUT2D eigenvalue weighted by Gasteiger charge is -2.21. The van der Waals surface area contributed by atoms with Gasteiger partial charge < -0.3 is 9.84 Å². The predicted octanol–water partition coefficient (Wildman–Crippen LogP) is 5.80. The molecule has 1 N–H and O–H groups in total. The molecule has 0 radical (unpaired) electrons. The molecule has 0 fully saturated rings. The minimum absolute atomic E-state index is 0.0641. The number of aromatic nitrogens is 1. The van der Waals surface area contributed by atoms with Crippen LogP contribution in [0.15, 0.2) is 84.2 Å². The standard InChI is InChI=1S/C26H20N2O4S/c29-24(30)23-16-33-25(27-23)28(14-17-8-2-1-3-9-17)26(31)32-15-22-20-12-6-4-10-18(20)19-11-5-7-13-21(19)22/h1-13,16,22H,14-15H2,(H,29,30). The summed E-state index contributed by atoms with van der Waals surface area (Å²) in [4.78, 5) is 30.0. The number of anilines is 1. The summed E-state index contributed by atoms with van der Waals surface area (Å²) in [5, 5.41) is 11.0. The normalized spacial score (nSPS) is 12.1. The van der Waals surface area contributed by atoms with Crippen LogP contribution in [0, 0.1) is 0 Å². The minimum atomic E-state index is -1.13. The number of hydrogen-bond acceptors (Lipinski definition) is 5. The summed E-state index contributed by atoms with van der Waals surface area (Å²) in [5.74, 6) is -1.20. The van der Waals surface area contributed by atoms with Gasteiger partial charge in [0.05, 0.1) is 6.54 Å². The molecular weight excluding hydrogens is 436 g/mol. The van der Waals surface area contributed by atoms with Crippen molar-refractivity contribution in [1.29, 1.82) is 0 Å². The third kappa shape index (κ3) is 4.10. The largest absolute Gasteiger partial charge is 0.476 e. The number of benzene rings is 3. The average molecular weight is 457 g/mol. The van der Waals surface area contributed by atoms with E-state index in [2.05, 4.69) is 29.2 Å². The topological polar surface area (TPSA) is 79.7 Å². The molecule has 1 heterocycles. The first-order valence-corrected chi connectivity index (χ1v) is 11.3. The summed E-state index contributed by atoms with van der Waals surface area (Å²) in [5.41, 5.74) is 5.35. The van der Waals surface area contributed by atoms with Gasteiger partial charge in [-0.25, -0.2) is 19.5 Å². The second kappa shape index (κ2) is 8.88. The lowest BCUT2D eigenvalue weighted by atomic mass is 9.98. The van der Waals surface area contributed by atoms with Crippen molar-refractivity contribution in [3.63, 3.8) is 0 Å². The Kier molecular flexibility index (Phi) is 5.62. The zero-order valence-electron chi connectivity index (χ0n) is 17.5. The van der Waals surface area contributed by atoms with Gasteiger partial charge in [-0.05, 0) is 27.8 Å². The number of fused-ring (bicyclic) bond motifs is 3. The Morgan fingerprint density at radius 3 is 2.12 bits per heavy atom. The number of hydrogen-bond donors (Lipinski definition) is 1. The molecule has 6 nitrogen and oxygen atoms in total.